The third-order valence-corrected chi connectivity index (χ3v) is 6.10. The van der Waals surface area contributed by atoms with Crippen molar-refractivity contribution in [3.8, 4) is 0 Å². The number of rotatable bonds is 3. The zero-order valence-electron chi connectivity index (χ0n) is 10.1. The first kappa shape index (κ1) is 13.2. The molecule has 0 aromatic heterocycles. The van der Waals surface area contributed by atoms with Gasteiger partial charge in [-0.15, -0.1) is 0 Å². The van der Waals surface area contributed by atoms with E-state index in [2.05, 4.69) is 0 Å². The summed E-state index contributed by atoms with van der Waals surface area (Å²) in [5.41, 5.74) is 1.09. The van der Waals surface area contributed by atoms with E-state index in [9.17, 15) is 4.57 Å². The van der Waals surface area contributed by atoms with Gasteiger partial charge in [0.1, 0.15) is 0 Å². The van der Waals surface area contributed by atoms with Crippen molar-refractivity contribution in [3.05, 3.63) is 35.9 Å². The summed E-state index contributed by atoms with van der Waals surface area (Å²) in [4.78, 5) is 0. The Bertz CT molecular complexity index is 405. The summed E-state index contributed by atoms with van der Waals surface area (Å²) >= 11 is 1.26. The predicted octanol–water partition coefficient (Wildman–Crippen LogP) is 4.10. The molecule has 0 spiro atoms. The van der Waals surface area contributed by atoms with E-state index >= 15 is 0 Å². The van der Waals surface area contributed by atoms with Gasteiger partial charge in [0, 0.05) is 11.2 Å². The average molecular weight is 272 g/mol. The summed E-state index contributed by atoms with van der Waals surface area (Å²) in [7, 11) is 0. The van der Waals surface area contributed by atoms with Crippen LogP contribution in [0.15, 0.2) is 30.3 Å². The molecular formula is C12H17O3PS. The van der Waals surface area contributed by atoms with Gasteiger partial charge in [-0.25, -0.2) is 4.57 Å². The van der Waals surface area contributed by atoms with E-state index < -0.39 is 6.80 Å². The van der Waals surface area contributed by atoms with E-state index in [0.29, 0.717) is 19.0 Å². The molecular weight excluding hydrogens is 255 g/mol. The van der Waals surface area contributed by atoms with Crippen LogP contribution < -0.4 is 0 Å². The highest BCUT2D eigenvalue weighted by atomic mass is 32.7. The summed E-state index contributed by atoms with van der Waals surface area (Å²) in [5.74, 6) is 0.651. The molecule has 1 aromatic carbocycles. The summed E-state index contributed by atoms with van der Waals surface area (Å²) in [5, 5.41) is 0. The van der Waals surface area contributed by atoms with Crippen LogP contribution in [-0.2, 0) is 19.4 Å². The molecule has 0 aliphatic carbocycles. The maximum absolute atomic E-state index is 12.2. The Hall–Kier alpha value is -0.280. The maximum Gasteiger partial charge on any atom is 0.389 e. The number of hydrogen-bond acceptors (Lipinski definition) is 4. The van der Waals surface area contributed by atoms with Crippen LogP contribution >= 0.6 is 18.2 Å². The van der Waals surface area contributed by atoms with Crippen molar-refractivity contribution in [1.82, 2.24) is 0 Å². The fourth-order valence-corrected chi connectivity index (χ4v) is 4.81. The van der Waals surface area contributed by atoms with Crippen molar-refractivity contribution in [3.63, 3.8) is 0 Å². The van der Waals surface area contributed by atoms with Gasteiger partial charge >= 0.3 is 6.80 Å². The van der Waals surface area contributed by atoms with E-state index in [1.54, 1.807) is 0 Å². The molecule has 17 heavy (non-hydrogen) atoms. The van der Waals surface area contributed by atoms with Crippen LogP contribution in [-0.4, -0.2) is 13.2 Å². The van der Waals surface area contributed by atoms with Crippen LogP contribution in [0.2, 0.25) is 0 Å². The zero-order chi connectivity index (χ0) is 12.4. The number of hydrogen-bond donors (Lipinski definition) is 0. The molecule has 1 heterocycles. The molecule has 3 nitrogen and oxygen atoms in total. The fraction of sp³-hybridized carbons (Fsp3) is 0.500. The minimum atomic E-state index is -2.94. The second-order valence-electron chi connectivity index (χ2n) is 4.92. The molecule has 5 heteroatoms. The van der Waals surface area contributed by atoms with E-state index in [-0.39, 0.29) is 5.41 Å². The predicted molar refractivity (Wildman–Crippen MR) is 71.0 cm³/mol. The number of benzene rings is 1. The van der Waals surface area contributed by atoms with Crippen molar-refractivity contribution in [1.29, 1.82) is 0 Å². The van der Waals surface area contributed by atoms with Gasteiger partial charge in [0.15, 0.2) is 0 Å². The van der Waals surface area contributed by atoms with Crippen LogP contribution in [0.3, 0.4) is 0 Å². The van der Waals surface area contributed by atoms with Crippen molar-refractivity contribution < 1.29 is 13.6 Å². The molecule has 1 fully saturated rings. The summed E-state index contributed by atoms with van der Waals surface area (Å²) in [6.07, 6.45) is 0. The van der Waals surface area contributed by atoms with E-state index in [0.717, 1.165) is 5.56 Å². The molecule has 0 N–H and O–H groups in total. The zero-order valence-corrected chi connectivity index (χ0v) is 11.8. The SMILES string of the molecule is CC1(C)COP(=O)(SCc2ccccc2)OC1. The van der Waals surface area contributed by atoms with Crippen molar-refractivity contribution in [2.75, 3.05) is 13.2 Å². The lowest BCUT2D eigenvalue weighted by molar-refractivity contribution is 0.0501. The summed E-state index contributed by atoms with van der Waals surface area (Å²) in [6, 6.07) is 9.92. The van der Waals surface area contributed by atoms with Crippen molar-refractivity contribution >= 4 is 18.2 Å². The first-order valence-electron chi connectivity index (χ1n) is 5.57. The fourth-order valence-electron chi connectivity index (χ4n) is 1.39. The molecule has 0 atom stereocenters. The molecule has 1 aliphatic heterocycles. The highest BCUT2D eigenvalue weighted by Crippen LogP contribution is 2.64. The van der Waals surface area contributed by atoms with Gasteiger partial charge in [-0.1, -0.05) is 44.2 Å². The summed E-state index contributed by atoms with van der Waals surface area (Å²) < 4.78 is 23.0. The standard InChI is InChI=1S/C12H17O3PS/c1-12(2)9-14-16(13,15-10-12)17-8-11-6-4-3-5-7-11/h3-7H,8-10H2,1-2H3. The van der Waals surface area contributed by atoms with E-state index in [1.165, 1.54) is 11.4 Å². The lowest BCUT2D eigenvalue weighted by Crippen LogP contribution is -2.28. The maximum atomic E-state index is 12.2. The Labute approximate surface area is 106 Å². The monoisotopic (exact) mass is 272 g/mol. The Morgan fingerprint density at radius 1 is 1.24 bits per heavy atom. The minimum absolute atomic E-state index is 0.0405. The second-order valence-corrected chi connectivity index (χ2v) is 8.99. The molecule has 1 saturated heterocycles. The van der Waals surface area contributed by atoms with Crippen LogP contribution in [0, 0.1) is 5.41 Å². The smallest absolute Gasteiger partial charge is 0.300 e. The van der Waals surface area contributed by atoms with Gasteiger partial charge in [0.2, 0.25) is 0 Å². The Balaban J connectivity index is 1.90. The van der Waals surface area contributed by atoms with Crippen molar-refractivity contribution in [2.45, 2.75) is 19.6 Å². The van der Waals surface area contributed by atoms with Gasteiger partial charge in [-0.2, -0.15) is 0 Å². The molecule has 0 amide bonds. The van der Waals surface area contributed by atoms with Crippen LogP contribution in [0.25, 0.3) is 0 Å². The third kappa shape index (κ3) is 3.85. The average Bonchev–Trinajstić information content (AvgIpc) is 2.33. The van der Waals surface area contributed by atoms with Gasteiger partial charge in [-0.3, -0.25) is 0 Å². The second kappa shape index (κ2) is 5.15. The van der Waals surface area contributed by atoms with Gasteiger partial charge in [0.05, 0.1) is 13.2 Å². The Morgan fingerprint density at radius 3 is 2.41 bits per heavy atom. The van der Waals surface area contributed by atoms with E-state index in [1.807, 2.05) is 44.2 Å². The first-order valence-corrected chi connectivity index (χ1v) is 8.70. The van der Waals surface area contributed by atoms with Gasteiger partial charge in [-0.05, 0) is 16.9 Å². The largest absolute Gasteiger partial charge is 0.389 e. The highest BCUT2D eigenvalue weighted by molar-refractivity contribution is 8.54. The quantitative estimate of drug-likeness (QED) is 0.776. The molecule has 1 aliphatic rings. The van der Waals surface area contributed by atoms with Crippen LogP contribution in [0.4, 0.5) is 0 Å². The molecule has 1 aromatic rings. The van der Waals surface area contributed by atoms with Crippen LogP contribution in [0.1, 0.15) is 19.4 Å². The molecule has 94 valence electrons. The lowest BCUT2D eigenvalue weighted by Gasteiger charge is -2.33. The Morgan fingerprint density at radius 2 is 1.82 bits per heavy atom. The molecule has 2 rings (SSSR count). The highest BCUT2D eigenvalue weighted by Gasteiger charge is 2.36. The summed E-state index contributed by atoms with van der Waals surface area (Å²) in [6.45, 7) is 2.12. The minimum Gasteiger partial charge on any atom is -0.300 e. The van der Waals surface area contributed by atoms with Gasteiger partial charge < -0.3 is 9.05 Å². The molecule has 0 bridgehead atoms. The Kier molecular flexibility index (Phi) is 3.99. The molecule has 0 radical (unpaired) electrons. The molecule has 0 saturated carbocycles. The third-order valence-electron chi connectivity index (χ3n) is 2.46. The topological polar surface area (TPSA) is 35.5 Å². The van der Waals surface area contributed by atoms with E-state index in [4.69, 9.17) is 9.05 Å². The lowest BCUT2D eigenvalue weighted by atomic mass is 9.97. The van der Waals surface area contributed by atoms with Gasteiger partial charge in [0.25, 0.3) is 0 Å². The van der Waals surface area contributed by atoms with Crippen molar-refractivity contribution in [2.24, 2.45) is 5.41 Å². The first-order chi connectivity index (χ1) is 7.99. The molecule has 0 unspecified atom stereocenters. The normalized spacial score (nSPS) is 22.2. The van der Waals surface area contributed by atoms with Crippen LogP contribution in [0.5, 0.6) is 0 Å².